The van der Waals surface area contributed by atoms with Crippen LogP contribution in [0.3, 0.4) is 0 Å². The molecule has 0 saturated carbocycles. The Morgan fingerprint density at radius 3 is 2.47 bits per heavy atom. The lowest BCUT2D eigenvalue weighted by atomic mass is 10.0. The van der Waals surface area contributed by atoms with Crippen molar-refractivity contribution in [1.29, 1.82) is 0 Å². The molecule has 84 valence electrons. The number of aromatic carboxylic acids is 1. The molecule has 0 fully saturated rings. The second kappa shape index (κ2) is 3.25. The van der Waals surface area contributed by atoms with Gasteiger partial charge in [0.1, 0.15) is 5.56 Å². The fourth-order valence-corrected chi connectivity index (χ4v) is 1.81. The normalized spacial score (nSPS) is 11.5. The number of ether oxygens (including phenoxy) is 1. The minimum absolute atomic E-state index is 0.00352. The van der Waals surface area contributed by atoms with Gasteiger partial charge in [0.2, 0.25) is 5.75 Å². The maximum atomic E-state index is 11.0. The van der Waals surface area contributed by atoms with Crippen molar-refractivity contribution in [3.63, 3.8) is 0 Å². The summed E-state index contributed by atoms with van der Waals surface area (Å²) in [5, 5.41) is 18.9. The van der Waals surface area contributed by atoms with E-state index in [1.165, 1.54) is 6.07 Å². The number of hydrogen-bond acceptors (Lipinski definition) is 3. The lowest BCUT2D eigenvalue weighted by molar-refractivity contribution is 0.0696. The average Bonchev–Trinajstić information content (AvgIpc) is 3.11. The Morgan fingerprint density at radius 1 is 1.12 bits per heavy atom. The first kappa shape index (κ1) is 9.72. The summed E-state index contributed by atoms with van der Waals surface area (Å²) in [6.07, 6.45) is 0. The van der Waals surface area contributed by atoms with Crippen LogP contribution in [0.15, 0.2) is 36.4 Å². The molecule has 3 rings (SSSR count). The van der Waals surface area contributed by atoms with Crippen molar-refractivity contribution < 1.29 is 19.7 Å². The third-order valence-electron chi connectivity index (χ3n) is 2.69. The minimum Gasteiger partial charge on any atom is -0.504 e. The zero-order valence-electron chi connectivity index (χ0n) is 8.68. The average molecular weight is 228 g/mol. The quantitative estimate of drug-likeness (QED) is 0.661. The van der Waals surface area contributed by atoms with Gasteiger partial charge in [-0.25, -0.2) is 4.79 Å². The lowest BCUT2D eigenvalue weighted by Crippen LogP contribution is -1.94. The number of carbonyl (C=O) groups is 1. The summed E-state index contributed by atoms with van der Waals surface area (Å²) >= 11 is 0. The fraction of sp³-hybridized carbons (Fsp3) is 0. The minimum atomic E-state index is -1.06. The molecular formula is C13H8O4. The molecule has 0 bridgehead atoms. The monoisotopic (exact) mass is 228 g/mol. The summed E-state index contributed by atoms with van der Waals surface area (Å²) in [6, 6.07) is 10.5. The van der Waals surface area contributed by atoms with Crippen molar-refractivity contribution in [3.05, 3.63) is 42.0 Å². The predicted octanol–water partition coefficient (Wildman–Crippen LogP) is 2.86. The van der Waals surface area contributed by atoms with Crippen molar-refractivity contribution in [3.8, 4) is 28.4 Å². The zero-order valence-corrected chi connectivity index (χ0v) is 8.68. The number of benzene rings is 2. The van der Waals surface area contributed by atoms with E-state index in [0.29, 0.717) is 5.56 Å². The third-order valence-corrected chi connectivity index (χ3v) is 2.69. The van der Waals surface area contributed by atoms with E-state index < -0.39 is 5.97 Å². The number of rotatable bonds is 2. The van der Waals surface area contributed by atoms with E-state index in [1.807, 2.05) is 18.2 Å². The summed E-state index contributed by atoms with van der Waals surface area (Å²) in [4.78, 5) is 11.0. The highest BCUT2D eigenvalue weighted by Crippen LogP contribution is 2.58. The number of phenolic OH excluding ortho intramolecular Hbond substituents is 1. The molecule has 17 heavy (non-hydrogen) atoms. The summed E-state index contributed by atoms with van der Waals surface area (Å²) in [7, 11) is 0. The molecule has 4 nitrogen and oxygen atoms in total. The van der Waals surface area contributed by atoms with Crippen LogP contribution in [0.5, 0.6) is 17.2 Å². The Bertz CT molecular complexity index is 617. The largest absolute Gasteiger partial charge is 0.504 e. The van der Waals surface area contributed by atoms with Gasteiger partial charge in [-0.3, -0.25) is 0 Å². The maximum Gasteiger partial charge on any atom is 0.339 e. The number of aromatic hydroxyl groups is 1. The van der Waals surface area contributed by atoms with Gasteiger partial charge in [-0.05, 0) is 11.6 Å². The second-order valence-corrected chi connectivity index (χ2v) is 3.75. The van der Waals surface area contributed by atoms with E-state index in [2.05, 4.69) is 0 Å². The zero-order chi connectivity index (χ0) is 12.0. The first-order valence-electron chi connectivity index (χ1n) is 5.05. The Morgan fingerprint density at radius 2 is 1.82 bits per heavy atom. The van der Waals surface area contributed by atoms with Gasteiger partial charge in [0.15, 0.2) is 11.5 Å². The first-order chi connectivity index (χ1) is 8.18. The van der Waals surface area contributed by atoms with E-state index in [9.17, 15) is 9.90 Å². The fourth-order valence-electron chi connectivity index (χ4n) is 1.81. The number of phenols is 1. The Kier molecular flexibility index (Phi) is 1.86. The standard InChI is InChI=1S/C13H8O4/c14-10-8(7-4-2-1-3-5-7)6-9(13(15)16)11-12(10)17-11/h1-6,14H,(H,15,16). The molecule has 0 atom stereocenters. The van der Waals surface area contributed by atoms with E-state index in [0.717, 1.165) is 5.56 Å². The molecule has 0 aliphatic carbocycles. The molecule has 0 spiro atoms. The van der Waals surface area contributed by atoms with Crippen LogP contribution in [-0.2, 0) is 0 Å². The topological polar surface area (TPSA) is 70.1 Å². The Hall–Kier alpha value is -2.49. The molecule has 1 aliphatic heterocycles. The van der Waals surface area contributed by atoms with E-state index in [-0.39, 0.29) is 22.8 Å². The van der Waals surface area contributed by atoms with Gasteiger partial charge in [-0.15, -0.1) is 0 Å². The molecule has 4 heteroatoms. The van der Waals surface area contributed by atoms with Gasteiger partial charge in [0, 0.05) is 5.56 Å². The van der Waals surface area contributed by atoms with Crippen LogP contribution in [0.1, 0.15) is 10.4 Å². The van der Waals surface area contributed by atoms with Crippen molar-refractivity contribution in [2.75, 3.05) is 0 Å². The summed E-state index contributed by atoms with van der Waals surface area (Å²) < 4.78 is 4.99. The maximum absolute atomic E-state index is 11.0. The third kappa shape index (κ3) is 1.42. The second-order valence-electron chi connectivity index (χ2n) is 3.75. The van der Waals surface area contributed by atoms with Gasteiger partial charge >= 0.3 is 5.97 Å². The first-order valence-corrected chi connectivity index (χ1v) is 5.05. The van der Waals surface area contributed by atoms with Gasteiger partial charge in [-0.2, -0.15) is 0 Å². The molecule has 0 aromatic heterocycles. The molecule has 1 aliphatic rings. The molecular weight excluding hydrogens is 220 g/mol. The number of fused-ring (bicyclic) bond motifs is 1. The van der Waals surface area contributed by atoms with E-state index >= 15 is 0 Å². The molecule has 0 amide bonds. The molecule has 0 radical (unpaired) electrons. The number of carboxylic acid groups (broad SMARTS) is 1. The van der Waals surface area contributed by atoms with Crippen molar-refractivity contribution in [2.24, 2.45) is 0 Å². The van der Waals surface area contributed by atoms with Crippen LogP contribution in [0.4, 0.5) is 0 Å². The summed E-state index contributed by atoms with van der Waals surface area (Å²) in [5.74, 6) is -0.537. The summed E-state index contributed by atoms with van der Waals surface area (Å²) in [6.45, 7) is 0. The highest BCUT2D eigenvalue weighted by Gasteiger charge is 2.34. The Labute approximate surface area is 96.7 Å². The molecule has 2 aromatic rings. The number of hydrogen-bond donors (Lipinski definition) is 2. The molecule has 1 heterocycles. The molecule has 0 unspecified atom stereocenters. The smallest absolute Gasteiger partial charge is 0.339 e. The van der Waals surface area contributed by atoms with Crippen molar-refractivity contribution >= 4 is 5.97 Å². The van der Waals surface area contributed by atoms with Gasteiger partial charge in [-0.1, -0.05) is 30.3 Å². The SMILES string of the molecule is O=C(O)c1cc(-c2ccccc2)c(O)c2c1O2. The van der Waals surface area contributed by atoms with Crippen LogP contribution in [0.25, 0.3) is 11.1 Å². The van der Waals surface area contributed by atoms with Crippen LogP contribution in [0.2, 0.25) is 0 Å². The highest BCUT2D eigenvalue weighted by molar-refractivity contribution is 5.98. The lowest BCUT2D eigenvalue weighted by Gasteiger charge is -2.02. The van der Waals surface area contributed by atoms with Crippen LogP contribution in [0, 0.1) is 0 Å². The van der Waals surface area contributed by atoms with Crippen LogP contribution >= 0.6 is 0 Å². The van der Waals surface area contributed by atoms with Crippen LogP contribution in [-0.4, -0.2) is 16.2 Å². The predicted molar refractivity (Wildman–Crippen MR) is 60.6 cm³/mol. The summed E-state index contributed by atoms with van der Waals surface area (Å²) in [5.41, 5.74) is 1.31. The van der Waals surface area contributed by atoms with Gasteiger partial charge < -0.3 is 14.9 Å². The van der Waals surface area contributed by atoms with Crippen molar-refractivity contribution in [2.45, 2.75) is 0 Å². The Balaban J connectivity index is 2.22. The molecule has 2 N–H and O–H groups in total. The molecule has 0 saturated heterocycles. The van der Waals surface area contributed by atoms with E-state index in [4.69, 9.17) is 9.84 Å². The van der Waals surface area contributed by atoms with Crippen LogP contribution < -0.4 is 4.74 Å². The number of carboxylic acids is 1. The van der Waals surface area contributed by atoms with E-state index in [1.54, 1.807) is 12.1 Å². The molecule has 2 aromatic carbocycles. The van der Waals surface area contributed by atoms with Gasteiger partial charge in [0.25, 0.3) is 0 Å². The highest BCUT2D eigenvalue weighted by atomic mass is 16.6. The van der Waals surface area contributed by atoms with Gasteiger partial charge in [0.05, 0.1) is 0 Å². The van der Waals surface area contributed by atoms with Crippen molar-refractivity contribution in [1.82, 2.24) is 0 Å².